The van der Waals surface area contributed by atoms with Gasteiger partial charge in [0.2, 0.25) is 0 Å². The molecule has 0 saturated carbocycles. The van der Waals surface area contributed by atoms with Crippen LogP contribution in [0.15, 0.2) is 18.2 Å². The van der Waals surface area contributed by atoms with Crippen molar-refractivity contribution < 1.29 is 10.2 Å². The minimum atomic E-state index is 0.0468. The number of aromatic hydroxyl groups is 2. The van der Waals surface area contributed by atoms with Crippen LogP contribution in [0.5, 0.6) is 11.5 Å². The summed E-state index contributed by atoms with van der Waals surface area (Å²) >= 11 is 0. The molecule has 0 bridgehead atoms. The number of phenols is 2. The zero-order valence-electron chi connectivity index (χ0n) is 10.9. The van der Waals surface area contributed by atoms with Crippen molar-refractivity contribution >= 4 is 0 Å². The van der Waals surface area contributed by atoms with Crippen molar-refractivity contribution in [2.24, 2.45) is 0 Å². The molecule has 4 heteroatoms. The molecule has 3 N–H and O–H groups in total. The molecule has 0 radical (unpaired) electrons. The van der Waals surface area contributed by atoms with Gasteiger partial charge in [0, 0.05) is 30.3 Å². The summed E-state index contributed by atoms with van der Waals surface area (Å²) in [5.41, 5.74) is 0.799. The quantitative estimate of drug-likeness (QED) is 0.731. The highest BCUT2D eigenvalue weighted by Crippen LogP contribution is 2.27. The molecule has 0 aliphatic rings. The maximum absolute atomic E-state index is 9.75. The molecule has 0 spiro atoms. The summed E-state index contributed by atoms with van der Waals surface area (Å²) in [6, 6.07) is 5.07. The Balaban J connectivity index is 2.66. The fourth-order valence-corrected chi connectivity index (χ4v) is 2.02. The molecule has 0 amide bonds. The number of rotatable bonds is 5. The van der Waals surface area contributed by atoms with Crippen LogP contribution in [0, 0.1) is 0 Å². The lowest BCUT2D eigenvalue weighted by molar-refractivity contribution is 0.331. The molecule has 4 nitrogen and oxygen atoms in total. The monoisotopic (exact) mass is 238 g/mol. The van der Waals surface area contributed by atoms with Crippen molar-refractivity contribution in [2.45, 2.75) is 25.9 Å². The minimum absolute atomic E-state index is 0.0468. The van der Waals surface area contributed by atoms with Gasteiger partial charge in [-0.1, -0.05) is 6.07 Å². The number of hydrogen-bond acceptors (Lipinski definition) is 4. The van der Waals surface area contributed by atoms with Gasteiger partial charge in [-0.05, 0) is 34.0 Å². The summed E-state index contributed by atoms with van der Waals surface area (Å²) in [4.78, 5) is 2.11. The van der Waals surface area contributed by atoms with Crippen LogP contribution in [0.1, 0.15) is 25.5 Å². The second-order valence-corrected chi connectivity index (χ2v) is 4.79. The predicted molar refractivity (Wildman–Crippen MR) is 69.3 cm³/mol. The molecule has 1 rings (SSSR count). The number of hydrogen-bond donors (Lipinski definition) is 3. The van der Waals surface area contributed by atoms with Crippen LogP contribution in [0.3, 0.4) is 0 Å². The van der Waals surface area contributed by atoms with Crippen molar-refractivity contribution in [3.05, 3.63) is 23.8 Å². The third-order valence-electron chi connectivity index (χ3n) is 2.65. The molecule has 0 saturated heterocycles. The molecule has 96 valence electrons. The Hall–Kier alpha value is -1.26. The van der Waals surface area contributed by atoms with E-state index in [0.29, 0.717) is 6.04 Å². The fourth-order valence-electron chi connectivity index (χ4n) is 2.02. The molecular weight excluding hydrogens is 216 g/mol. The predicted octanol–water partition coefficient (Wildman–Crippen LogP) is 1.70. The third-order valence-corrected chi connectivity index (χ3v) is 2.65. The van der Waals surface area contributed by atoms with Crippen molar-refractivity contribution in [1.82, 2.24) is 10.2 Å². The average molecular weight is 238 g/mol. The zero-order chi connectivity index (χ0) is 13.0. The largest absolute Gasteiger partial charge is 0.508 e. The van der Waals surface area contributed by atoms with Gasteiger partial charge in [0.05, 0.1) is 0 Å². The Kier molecular flexibility index (Phi) is 4.78. The van der Waals surface area contributed by atoms with E-state index in [0.717, 1.165) is 12.1 Å². The van der Waals surface area contributed by atoms with E-state index in [1.165, 1.54) is 6.07 Å². The first kappa shape index (κ1) is 13.8. The molecule has 0 fully saturated rings. The van der Waals surface area contributed by atoms with Crippen LogP contribution in [0.4, 0.5) is 0 Å². The Morgan fingerprint density at radius 2 is 1.88 bits per heavy atom. The van der Waals surface area contributed by atoms with Gasteiger partial charge in [-0.25, -0.2) is 0 Å². The summed E-state index contributed by atoms with van der Waals surface area (Å²) in [5.74, 6) is 0.210. The average Bonchev–Trinajstić information content (AvgIpc) is 2.15. The lowest BCUT2D eigenvalue weighted by atomic mass is 10.1. The standard InChI is InChI=1S/C13H22N2O2/c1-9(8-15(3)4)14-10(2)12-6-5-11(16)7-13(12)17/h5-7,9-10,14,16-17H,8H2,1-4H3. The fraction of sp³-hybridized carbons (Fsp3) is 0.538. The van der Waals surface area contributed by atoms with E-state index in [1.807, 2.05) is 21.0 Å². The molecular formula is C13H22N2O2. The first-order valence-electron chi connectivity index (χ1n) is 5.82. The van der Waals surface area contributed by atoms with Crippen LogP contribution in [-0.2, 0) is 0 Å². The molecule has 0 aliphatic carbocycles. The van der Waals surface area contributed by atoms with Gasteiger partial charge >= 0.3 is 0 Å². The van der Waals surface area contributed by atoms with Crippen molar-refractivity contribution in [3.8, 4) is 11.5 Å². The minimum Gasteiger partial charge on any atom is -0.508 e. The zero-order valence-corrected chi connectivity index (χ0v) is 10.9. The van der Waals surface area contributed by atoms with Crippen LogP contribution in [0.2, 0.25) is 0 Å². The van der Waals surface area contributed by atoms with Crippen molar-refractivity contribution in [1.29, 1.82) is 0 Å². The van der Waals surface area contributed by atoms with Gasteiger partial charge in [0.25, 0.3) is 0 Å². The maximum atomic E-state index is 9.75. The molecule has 0 heterocycles. The van der Waals surface area contributed by atoms with Gasteiger partial charge in [0.1, 0.15) is 11.5 Å². The summed E-state index contributed by atoms with van der Waals surface area (Å²) in [6.07, 6.45) is 0. The Bertz CT molecular complexity index is 366. The van der Waals surface area contributed by atoms with E-state index in [4.69, 9.17) is 0 Å². The lowest BCUT2D eigenvalue weighted by Gasteiger charge is -2.23. The van der Waals surface area contributed by atoms with Crippen LogP contribution in [0.25, 0.3) is 0 Å². The van der Waals surface area contributed by atoms with Gasteiger partial charge in [-0.2, -0.15) is 0 Å². The van der Waals surface area contributed by atoms with E-state index < -0.39 is 0 Å². The number of likely N-dealkylation sites (N-methyl/N-ethyl adjacent to an activating group) is 1. The third kappa shape index (κ3) is 4.24. The van der Waals surface area contributed by atoms with Gasteiger partial charge < -0.3 is 20.4 Å². The Morgan fingerprint density at radius 1 is 1.24 bits per heavy atom. The molecule has 2 atom stereocenters. The molecule has 1 aromatic rings. The topological polar surface area (TPSA) is 55.7 Å². The molecule has 2 unspecified atom stereocenters. The number of nitrogens with one attached hydrogen (secondary N) is 1. The SMILES string of the molecule is CC(CN(C)C)NC(C)c1ccc(O)cc1O. The second-order valence-electron chi connectivity index (χ2n) is 4.79. The van der Waals surface area contributed by atoms with Gasteiger partial charge in [-0.3, -0.25) is 0 Å². The number of benzene rings is 1. The maximum Gasteiger partial charge on any atom is 0.124 e. The van der Waals surface area contributed by atoms with E-state index in [2.05, 4.69) is 17.1 Å². The molecule has 0 aliphatic heterocycles. The normalized spacial score (nSPS) is 14.9. The van der Waals surface area contributed by atoms with E-state index in [1.54, 1.807) is 12.1 Å². The van der Waals surface area contributed by atoms with E-state index in [-0.39, 0.29) is 17.5 Å². The van der Waals surface area contributed by atoms with Crippen molar-refractivity contribution in [2.75, 3.05) is 20.6 Å². The van der Waals surface area contributed by atoms with Crippen LogP contribution >= 0.6 is 0 Å². The van der Waals surface area contributed by atoms with Crippen LogP contribution < -0.4 is 5.32 Å². The summed E-state index contributed by atoms with van der Waals surface area (Å²) in [7, 11) is 4.06. The van der Waals surface area contributed by atoms with Crippen molar-refractivity contribution in [3.63, 3.8) is 0 Å². The van der Waals surface area contributed by atoms with Gasteiger partial charge in [0.15, 0.2) is 0 Å². The molecule has 1 aromatic carbocycles. The first-order valence-corrected chi connectivity index (χ1v) is 5.82. The number of nitrogens with zero attached hydrogens (tertiary/aromatic N) is 1. The summed E-state index contributed by atoms with van der Waals surface area (Å²) < 4.78 is 0. The Labute approximate surface area is 103 Å². The highest BCUT2D eigenvalue weighted by atomic mass is 16.3. The lowest BCUT2D eigenvalue weighted by Crippen LogP contribution is -2.37. The van der Waals surface area contributed by atoms with E-state index in [9.17, 15) is 10.2 Å². The smallest absolute Gasteiger partial charge is 0.124 e. The molecule has 0 aromatic heterocycles. The summed E-state index contributed by atoms with van der Waals surface area (Å²) in [6.45, 7) is 5.04. The summed E-state index contributed by atoms with van der Waals surface area (Å²) in [5, 5.41) is 22.4. The first-order chi connectivity index (χ1) is 7.90. The highest BCUT2D eigenvalue weighted by molar-refractivity contribution is 5.40. The number of phenolic OH excluding ortho intramolecular Hbond substituents is 2. The molecule has 17 heavy (non-hydrogen) atoms. The Morgan fingerprint density at radius 3 is 2.41 bits per heavy atom. The van der Waals surface area contributed by atoms with Gasteiger partial charge in [-0.15, -0.1) is 0 Å². The second kappa shape index (κ2) is 5.89. The highest BCUT2D eigenvalue weighted by Gasteiger charge is 2.13. The van der Waals surface area contributed by atoms with E-state index >= 15 is 0 Å². The van der Waals surface area contributed by atoms with Crippen LogP contribution in [-0.4, -0.2) is 41.8 Å².